The van der Waals surface area contributed by atoms with E-state index in [0.717, 1.165) is 38.7 Å². The third-order valence-electron chi connectivity index (χ3n) is 5.21. The van der Waals surface area contributed by atoms with Crippen LogP contribution in [0.1, 0.15) is 30.5 Å². The topological polar surface area (TPSA) is 42.9 Å². The number of likely N-dealkylation sites (N-methyl/N-ethyl adjacent to an activating group) is 1. The highest BCUT2D eigenvalue weighted by Crippen LogP contribution is 2.10. The minimum atomic E-state index is 0. The molecule has 1 atom stereocenters. The Balaban J connectivity index is 0.00000338. The first kappa shape index (κ1) is 23.2. The molecule has 1 saturated heterocycles. The molecule has 1 aliphatic rings. The molecule has 1 fully saturated rings. The van der Waals surface area contributed by atoms with E-state index in [4.69, 9.17) is 0 Å². The number of hydrogen-bond donors (Lipinski definition) is 2. The summed E-state index contributed by atoms with van der Waals surface area (Å²) in [6.45, 7) is 16.4. The van der Waals surface area contributed by atoms with Gasteiger partial charge in [0.2, 0.25) is 0 Å². The molecule has 0 aliphatic carbocycles. The first-order valence-corrected chi connectivity index (χ1v) is 9.50. The maximum absolute atomic E-state index is 4.36. The second kappa shape index (κ2) is 11.8. The average Bonchev–Trinajstić information content (AvgIpc) is 2.63. The number of rotatable bonds is 6. The fourth-order valence-electron chi connectivity index (χ4n) is 3.34. The van der Waals surface area contributed by atoms with Gasteiger partial charge in [-0.3, -0.25) is 9.89 Å². The molecule has 1 aromatic carbocycles. The molecule has 0 saturated carbocycles. The van der Waals surface area contributed by atoms with Crippen molar-refractivity contribution in [3.63, 3.8) is 0 Å². The predicted octanol–water partition coefficient (Wildman–Crippen LogP) is 2.61. The van der Waals surface area contributed by atoms with Crippen LogP contribution in [0.2, 0.25) is 0 Å². The Morgan fingerprint density at radius 1 is 1.15 bits per heavy atom. The van der Waals surface area contributed by atoms with Gasteiger partial charge in [-0.25, -0.2) is 0 Å². The molecule has 2 N–H and O–H groups in total. The molecule has 1 aliphatic heterocycles. The second-order valence-electron chi connectivity index (χ2n) is 7.06. The van der Waals surface area contributed by atoms with Crippen LogP contribution in [-0.2, 0) is 6.54 Å². The van der Waals surface area contributed by atoms with E-state index >= 15 is 0 Å². The van der Waals surface area contributed by atoms with Crippen molar-refractivity contribution in [1.82, 2.24) is 20.4 Å². The van der Waals surface area contributed by atoms with Crippen molar-refractivity contribution < 1.29 is 0 Å². The molecule has 6 heteroatoms. The molecule has 0 aromatic heterocycles. The SMILES string of the molecule is CCN1CCN(C(C)CNC(=NC)NCc2ccc(C)cc2C)CC1.I. The fourth-order valence-corrected chi connectivity index (χ4v) is 3.34. The van der Waals surface area contributed by atoms with Crippen molar-refractivity contribution in [2.45, 2.75) is 40.3 Å². The summed E-state index contributed by atoms with van der Waals surface area (Å²) in [6.07, 6.45) is 0. The van der Waals surface area contributed by atoms with Gasteiger partial charge < -0.3 is 15.5 Å². The van der Waals surface area contributed by atoms with Gasteiger partial charge in [-0.05, 0) is 38.4 Å². The van der Waals surface area contributed by atoms with Gasteiger partial charge in [0.1, 0.15) is 0 Å². The van der Waals surface area contributed by atoms with Crippen LogP contribution in [-0.4, -0.2) is 68.1 Å². The minimum Gasteiger partial charge on any atom is -0.355 e. The number of nitrogens with one attached hydrogen (secondary N) is 2. The summed E-state index contributed by atoms with van der Waals surface area (Å²) in [5, 5.41) is 6.91. The molecule has 0 radical (unpaired) electrons. The monoisotopic (exact) mass is 473 g/mol. The summed E-state index contributed by atoms with van der Waals surface area (Å²) in [7, 11) is 1.84. The molecule has 148 valence electrons. The van der Waals surface area contributed by atoms with Gasteiger partial charge in [-0.1, -0.05) is 30.7 Å². The summed E-state index contributed by atoms with van der Waals surface area (Å²) in [4.78, 5) is 9.44. The van der Waals surface area contributed by atoms with Crippen LogP contribution in [0.15, 0.2) is 23.2 Å². The lowest BCUT2D eigenvalue weighted by Crippen LogP contribution is -2.53. The summed E-state index contributed by atoms with van der Waals surface area (Å²) >= 11 is 0. The summed E-state index contributed by atoms with van der Waals surface area (Å²) in [5.74, 6) is 0.874. The number of aliphatic imine (C=N–C) groups is 1. The predicted molar refractivity (Wildman–Crippen MR) is 123 cm³/mol. The molecule has 1 heterocycles. The lowest BCUT2D eigenvalue weighted by atomic mass is 10.1. The van der Waals surface area contributed by atoms with Crippen LogP contribution in [0.5, 0.6) is 0 Å². The molecule has 5 nitrogen and oxygen atoms in total. The van der Waals surface area contributed by atoms with Gasteiger partial charge in [0.05, 0.1) is 0 Å². The Morgan fingerprint density at radius 2 is 1.85 bits per heavy atom. The molecule has 0 amide bonds. The lowest BCUT2D eigenvalue weighted by molar-refractivity contribution is 0.107. The Bertz CT molecular complexity index is 567. The van der Waals surface area contributed by atoms with Gasteiger partial charge in [0, 0.05) is 52.4 Å². The number of guanidine groups is 1. The van der Waals surface area contributed by atoms with Gasteiger partial charge in [-0.15, -0.1) is 24.0 Å². The molecule has 26 heavy (non-hydrogen) atoms. The first-order chi connectivity index (χ1) is 12.0. The first-order valence-electron chi connectivity index (χ1n) is 9.50. The van der Waals surface area contributed by atoms with Crippen LogP contribution in [0, 0.1) is 13.8 Å². The van der Waals surface area contributed by atoms with Crippen LogP contribution in [0.25, 0.3) is 0 Å². The average molecular weight is 473 g/mol. The Kier molecular flexibility index (Phi) is 10.5. The van der Waals surface area contributed by atoms with Crippen molar-refractivity contribution >= 4 is 29.9 Å². The number of aryl methyl sites for hydroxylation is 2. The Labute approximate surface area is 176 Å². The van der Waals surface area contributed by atoms with E-state index in [2.05, 4.69) is 71.3 Å². The lowest BCUT2D eigenvalue weighted by Gasteiger charge is -2.37. The highest BCUT2D eigenvalue weighted by atomic mass is 127. The molecule has 1 aromatic rings. The maximum atomic E-state index is 4.36. The van der Waals surface area contributed by atoms with Crippen molar-refractivity contribution in [2.24, 2.45) is 4.99 Å². The van der Waals surface area contributed by atoms with Gasteiger partial charge in [-0.2, -0.15) is 0 Å². The van der Waals surface area contributed by atoms with Crippen LogP contribution in [0.4, 0.5) is 0 Å². The Morgan fingerprint density at radius 3 is 2.42 bits per heavy atom. The maximum Gasteiger partial charge on any atom is 0.191 e. The molecule has 2 rings (SSSR count). The highest BCUT2D eigenvalue weighted by Gasteiger charge is 2.20. The zero-order valence-electron chi connectivity index (χ0n) is 17.0. The summed E-state index contributed by atoms with van der Waals surface area (Å²) in [6, 6.07) is 7.10. The third-order valence-corrected chi connectivity index (χ3v) is 5.21. The van der Waals surface area contributed by atoms with Crippen molar-refractivity contribution in [3.8, 4) is 0 Å². The number of hydrogen-bond acceptors (Lipinski definition) is 3. The van der Waals surface area contributed by atoms with E-state index in [0.29, 0.717) is 6.04 Å². The standard InChI is InChI=1S/C20H35N5.HI/c1-6-24-9-11-25(12-10-24)18(4)14-22-20(21-5)23-15-19-8-7-16(2)13-17(19)3;/h7-8,13,18H,6,9-12,14-15H2,1-5H3,(H2,21,22,23);1H. The van der Waals surface area contributed by atoms with Gasteiger partial charge in [0.15, 0.2) is 5.96 Å². The molecular weight excluding hydrogens is 437 g/mol. The largest absolute Gasteiger partial charge is 0.355 e. The van der Waals surface area contributed by atoms with Crippen molar-refractivity contribution in [1.29, 1.82) is 0 Å². The smallest absolute Gasteiger partial charge is 0.191 e. The normalized spacial score (nSPS) is 17.5. The fraction of sp³-hybridized carbons (Fsp3) is 0.650. The second-order valence-corrected chi connectivity index (χ2v) is 7.06. The third kappa shape index (κ3) is 7.04. The molecule has 0 spiro atoms. The van der Waals surface area contributed by atoms with E-state index in [1.165, 1.54) is 29.8 Å². The molecular formula is C20H36IN5. The number of nitrogens with zero attached hydrogens (tertiary/aromatic N) is 3. The van der Waals surface area contributed by atoms with Crippen molar-refractivity contribution in [3.05, 3.63) is 34.9 Å². The van der Waals surface area contributed by atoms with Crippen LogP contribution < -0.4 is 10.6 Å². The summed E-state index contributed by atoms with van der Waals surface area (Å²) in [5.41, 5.74) is 3.95. The van der Waals surface area contributed by atoms with Gasteiger partial charge >= 0.3 is 0 Å². The van der Waals surface area contributed by atoms with E-state index in [1.807, 2.05) is 7.05 Å². The highest BCUT2D eigenvalue weighted by molar-refractivity contribution is 14.0. The number of piperazine rings is 1. The van der Waals surface area contributed by atoms with E-state index in [-0.39, 0.29) is 24.0 Å². The van der Waals surface area contributed by atoms with Crippen LogP contribution in [0.3, 0.4) is 0 Å². The quantitative estimate of drug-likeness (QED) is 0.379. The molecule has 1 unspecified atom stereocenters. The van der Waals surface area contributed by atoms with Gasteiger partial charge in [0.25, 0.3) is 0 Å². The number of benzene rings is 1. The molecule has 0 bridgehead atoms. The van der Waals surface area contributed by atoms with E-state index in [9.17, 15) is 0 Å². The van der Waals surface area contributed by atoms with Crippen LogP contribution >= 0.6 is 24.0 Å². The zero-order chi connectivity index (χ0) is 18.2. The Hall–Kier alpha value is -0.860. The number of halogens is 1. The minimum absolute atomic E-state index is 0. The summed E-state index contributed by atoms with van der Waals surface area (Å²) < 4.78 is 0. The van der Waals surface area contributed by atoms with E-state index in [1.54, 1.807) is 0 Å². The zero-order valence-corrected chi connectivity index (χ0v) is 19.3. The van der Waals surface area contributed by atoms with E-state index < -0.39 is 0 Å². The van der Waals surface area contributed by atoms with Crippen molar-refractivity contribution in [2.75, 3.05) is 46.3 Å².